The Kier molecular flexibility index (Phi) is 5.12. The Hall–Kier alpha value is -1.59. The number of rotatable bonds is 5. The van der Waals surface area contributed by atoms with Gasteiger partial charge in [-0.05, 0) is 31.9 Å². The SMILES string of the molecule is CNN(CO)C(=O)COc1c(C)cc(C)cc1C. The number of hydrazine groups is 1. The first-order valence-corrected chi connectivity index (χ1v) is 5.78. The molecule has 2 N–H and O–H groups in total. The van der Waals surface area contributed by atoms with E-state index >= 15 is 0 Å². The first kappa shape index (κ1) is 14.5. The van der Waals surface area contributed by atoms with Crippen LogP contribution in [0.5, 0.6) is 5.75 Å². The van der Waals surface area contributed by atoms with E-state index < -0.39 is 0 Å². The lowest BCUT2D eigenvalue weighted by Crippen LogP contribution is -2.43. The highest BCUT2D eigenvalue weighted by Crippen LogP contribution is 2.24. The summed E-state index contributed by atoms with van der Waals surface area (Å²) < 4.78 is 5.53. The van der Waals surface area contributed by atoms with Crippen molar-refractivity contribution in [2.45, 2.75) is 20.8 Å². The number of nitrogens with zero attached hydrogens (tertiary/aromatic N) is 1. The maximum Gasteiger partial charge on any atom is 0.276 e. The summed E-state index contributed by atoms with van der Waals surface area (Å²) in [4.78, 5) is 11.6. The number of carbonyl (C=O) groups excluding carboxylic acids is 1. The number of aliphatic hydroxyl groups excluding tert-OH is 1. The number of aliphatic hydroxyl groups is 1. The van der Waals surface area contributed by atoms with Crippen LogP contribution in [0.4, 0.5) is 0 Å². The zero-order valence-corrected chi connectivity index (χ0v) is 11.3. The van der Waals surface area contributed by atoms with Crippen molar-refractivity contribution >= 4 is 5.91 Å². The molecule has 100 valence electrons. The van der Waals surface area contributed by atoms with Crippen molar-refractivity contribution in [2.75, 3.05) is 20.4 Å². The molecule has 0 aromatic heterocycles. The third kappa shape index (κ3) is 3.45. The molecule has 0 aliphatic carbocycles. The van der Waals surface area contributed by atoms with Gasteiger partial charge in [-0.25, -0.2) is 10.4 Å². The minimum atomic E-state index is -0.384. The normalized spacial score (nSPS) is 10.3. The topological polar surface area (TPSA) is 61.8 Å². The Morgan fingerprint density at radius 2 is 1.89 bits per heavy atom. The first-order chi connectivity index (χ1) is 8.49. The lowest BCUT2D eigenvalue weighted by atomic mass is 10.1. The molecule has 0 radical (unpaired) electrons. The summed E-state index contributed by atoms with van der Waals surface area (Å²) in [6, 6.07) is 4.02. The molecule has 0 bridgehead atoms. The molecule has 0 unspecified atom stereocenters. The Balaban J connectivity index is 2.72. The van der Waals surface area contributed by atoms with E-state index in [1.165, 1.54) is 0 Å². The van der Waals surface area contributed by atoms with E-state index in [4.69, 9.17) is 9.84 Å². The van der Waals surface area contributed by atoms with Crippen LogP contribution < -0.4 is 10.2 Å². The Morgan fingerprint density at radius 1 is 1.33 bits per heavy atom. The van der Waals surface area contributed by atoms with Crippen LogP contribution in [-0.2, 0) is 4.79 Å². The van der Waals surface area contributed by atoms with Gasteiger partial charge in [0.15, 0.2) is 6.61 Å². The Morgan fingerprint density at radius 3 is 2.33 bits per heavy atom. The van der Waals surface area contributed by atoms with Crippen LogP contribution in [0, 0.1) is 20.8 Å². The largest absolute Gasteiger partial charge is 0.483 e. The summed E-state index contributed by atoms with van der Waals surface area (Å²) in [5.74, 6) is 0.405. The highest BCUT2D eigenvalue weighted by Gasteiger charge is 2.13. The van der Waals surface area contributed by atoms with Crippen molar-refractivity contribution in [3.8, 4) is 5.75 Å². The molecule has 0 heterocycles. The van der Waals surface area contributed by atoms with E-state index in [2.05, 4.69) is 5.43 Å². The van der Waals surface area contributed by atoms with Crippen molar-refractivity contribution in [3.63, 3.8) is 0 Å². The van der Waals surface area contributed by atoms with Gasteiger partial charge in [0.25, 0.3) is 5.91 Å². The summed E-state index contributed by atoms with van der Waals surface area (Å²) >= 11 is 0. The summed E-state index contributed by atoms with van der Waals surface area (Å²) in [5, 5.41) is 10.0. The molecule has 0 aliphatic heterocycles. The van der Waals surface area contributed by atoms with Gasteiger partial charge in [0.1, 0.15) is 12.5 Å². The van der Waals surface area contributed by atoms with Gasteiger partial charge in [0, 0.05) is 7.05 Å². The third-order valence-corrected chi connectivity index (χ3v) is 2.66. The maximum atomic E-state index is 11.6. The van der Waals surface area contributed by atoms with E-state index in [9.17, 15) is 4.79 Å². The van der Waals surface area contributed by atoms with E-state index in [1.807, 2.05) is 32.9 Å². The van der Waals surface area contributed by atoms with Gasteiger partial charge in [-0.2, -0.15) is 0 Å². The van der Waals surface area contributed by atoms with Crippen LogP contribution in [0.3, 0.4) is 0 Å². The van der Waals surface area contributed by atoms with E-state index in [-0.39, 0.29) is 19.2 Å². The van der Waals surface area contributed by atoms with Crippen LogP contribution >= 0.6 is 0 Å². The predicted molar refractivity (Wildman–Crippen MR) is 69.1 cm³/mol. The smallest absolute Gasteiger partial charge is 0.276 e. The van der Waals surface area contributed by atoms with Crippen LogP contribution in [0.25, 0.3) is 0 Å². The standard InChI is InChI=1S/C13H20N2O3/c1-9-5-10(2)13(11(3)6-9)18-7-12(17)15(8-16)14-4/h5-6,14,16H,7-8H2,1-4H3. The molecule has 0 fully saturated rings. The fourth-order valence-electron chi connectivity index (χ4n) is 1.88. The zero-order valence-electron chi connectivity index (χ0n) is 11.3. The molecule has 5 nitrogen and oxygen atoms in total. The van der Waals surface area contributed by atoms with Gasteiger partial charge in [0.05, 0.1) is 0 Å². The molecule has 1 aromatic rings. The van der Waals surface area contributed by atoms with Crippen molar-refractivity contribution in [1.82, 2.24) is 10.4 Å². The second kappa shape index (κ2) is 6.37. The lowest BCUT2D eigenvalue weighted by Gasteiger charge is -2.19. The minimum absolute atomic E-state index is 0.105. The van der Waals surface area contributed by atoms with Gasteiger partial charge in [0.2, 0.25) is 0 Å². The van der Waals surface area contributed by atoms with E-state index in [1.54, 1.807) is 7.05 Å². The number of hydrogen-bond donors (Lipinski definition) is 2. The van der Waals surface area contributed by atoms with E-state index in [0.29, 0.717) is 0 Å². The molecular formula is C13H20N2O3. The Labute approximate surface area is 107 Å². The predicted octanol–water partition coefficient (Wildman–Crippen LogP) is 0.903. The van der Waals surface area contributed by atoms with E-state index in [0.717, 1.165) is 27.4 Å². The number of amides is 1. The molecule has 1 aromatic carbocycles. The molecule has 0 spiro atoms. The van der Waals surface area contributed by atoms with Crippen LogP contribution in [0.15, 0.2) is 12.1 Å². The summed E-state index contributed by atoms with van der Waals surface area (Å²) in [6.45, 7) is 5.42. The Bertz CT molecular complexity index is 405. The molecule has 0 saturated heterocycles. The van der Waals surface area contributed by atoms with Gasteiger partial charge in [-0.3, -0.25) is 4.79 Å². The maximum absolute atomic E-state index is 11.6. The summed E-state index contributed by atoms with van der Waals surface area (Å²) in [5.41, 5.74) is 5.74. The van der Waals surface area contributed by atoms with Gasteiger partial charge < -0.3 is 9.84 Å². The number of carbonyl (C=O) groups is 1. The molecule has 1 rings (SSSR count). The van der Waals surface area contributed by atoms with Gasteiger partial charge in [-0.15, -0.1) is 0 Å². The van der Waals surface area contributed by atoms with Gasteiger partial charge >= 0.3 is 0 Å². The highest BCUT2D eigenvalue weighted by atomic mass is 16.5. The summed E-state index contributed by atoms with van der Waals surface area (Å²) in [6.07, 6.45) is 0. The number of ether oxygens (including phenoxy) is 1. The monoisotopic (exact) mass is 252 g/mol. The molecule has 0 atom stereocenters. The fourth-order valence-corrected chi connectivity index (χ4v) is 1.88. The number of nitrogens with one attached hydrogen (secondary N) is 1. The quantitative estimate of drug-likeness (QED) is 0.604. The number of benzene rings is 1. The number of aryl methyl sites for hydroxylation is 3. The van der Waals surface area contributed by atoms with Crippen molar-refractivity contribution < 1.29 is 14.6 Å². The fraction of sp³-hybridized carbons (Fsp3) is 0.462. The summed E-state index contributed by atoms with van der Waals surface area (Å²) in [7, 11) is 1.57. The highest BCUT2D eigenvalue weighted by molar-refractivity contribution is 5.77. The average Bonchev–Trinajstić information content (AvgIpc) is 2.29. The molecular weight excluding hydrogens is 232 g/mol. The molecule has 0 saturated carbocycles. The minimum Gasteiger partial charge on any atom is -0.483 e. The molecule has 1 amide bonds. The third-order valence-electron chi connectivity index (χ3n) is 2.66. The first-order valence-electron chi connectivity index (χ1n) is 5.78. The molecule has 0 aliphatic rings. The zero-order chi connectivity index (χ0) is 13.7. The van der Waals surface area contributed by atoms with Crippen molar-refractivity contribution in [1.29, 1.82) is 0 Å². The van der Waals surface area contributed by atoms with Crippen molar-refractivity contribution in [2.24, 2.45) is 0 Å². The van der Waals surface area contributed by atoms with Crippen LogP contribution in [0.2, 0.25) is 0 Å². The second-order valence-corrected chi connectivity index (χ2v) is 4.20. The van der Waals surface area contributed by atoms with Crippen molar-refractivity contribution in [3.05, 3.63) is 28.8 Å². The van der Waals surface area contributed by atoms with Gasteiger partial charge in [-0.1, -0.05) is 17.7 Å². The molecule has 18 heavy (non-hydrogen) atoms. The lowest BCUT2D eigenvalue weighted by molar-refractivity contribution is -0.140. The second-order valence-electron chi connectivity index (χ2n) is 4.20. The number of hydrogen-bond acceptors (Lipinski definition) is 4. The average molecular weight is 252 g/mol. The molecule has 5 heteroatoms. The van der Waals surface area contributed by atoms with Crippen LogP contribution in [0.1, 0.15) is 16.7 Å². The van der Waals surface area contributed by atoms with Crippen LogP contribution in [-0.4, -0.2) is 36.4 Å².